The summed E-state index contributed by atoms with van der Waals surface area (Å²) in [5.41, 5.74) is 0.908. The minimum Gasteiger partial charge on any atom is -0.386 e. The van der Waals surface area contributed by atoms with Crippen LogP contribution in [0.3, 0.4) is 0 Å². The van der Waals surface area contributed by atoms with Gasteiger partial charge in [-0.05, 0) is 16.3 Å². The molecule has 3 nitrogen and oxygen atoms in total. The molecule has 0 saturated heterocycles. The molecule has 0 aliphatic heterocycles. The summed E-state index contributed by atoms with van der Waals surface area (Å²) in [6.45, 7) is 1.33. The van der Waals surface area contributed by atoms with Crippen molar-refractivity contribution in [2.24, 2.45) is 0 Å². The Labute approximate surface area is 107 Å². The second-order valence-corrected chi connectivity index (χ2v) is 4.15. The molecule has 0 aliphatic carbocycles. The summed E-state index contributed by atoms with van der Waals surface area (Å²) in [5.74, 6) is 0. The first-order valence-corrected chi connectivity index (χ1v) is 6.05. The van der Waals surface area contributed by atoms with Crippen LogP contribution in [0.2, 0.25) is 0 Å². The molecule has 2 aromatic carbocycles. The van der Waals surface area contributed by atoms with Crippen LogP contribution in [-0.2, 0) is 9.47 Å². The van der Waals surface area contributed by atoms with Crippen LogP contribution in [0.4, 0.5) is 0 Å². The van der Waals surface area contributed by atoms with E-state index in [9.17, 15) is 5.11 Å². The Morgan fingerprint density at radius 1 is 1.06 bits per heavy atom. The summed E-state index contributed by atoms with van der Waals surface area (Å²) < 4.78 is 10.3. The van der Waals surface area contributed by atoms with Gasteiger partial charge in [-0.25, -0.2) is 0 Å². The lowest BCUT2D eigenvalue weighted by Crippen LogP contribution is -2.10. The Morgan fingerprint density at radius 2 is 1.83 bits per heavy atom. The maximum Gasteiger partial charge on any atom is 0.103 e. The molecule has 0 aromatic heterocycles. The monoisotopic (exact) mass is 246 g/mol. The molecule has 0 heterocycles. The number of aliphatic hydroxyl groups is 1. The van der Waals surface area contributed by atoms with E-state index in [0.29, 0.717) is 13.2 Å². The van der Waals surface area contributed by atoms with Crippen LogP contribution in [0.5, 0.6) is 0 Å². The number of benzene rings is 2. The van der Waals surface area contributed by atoms with E-state index in [1.54, 1.807) is 7.11 Å². The molecule has 2 aromatic rings. The molecule has 0 saturated carbocycles. The minimum atomic E-state index is -0.604. The first kappa shape index (κ1) is 13.0. The zero-order valence-electron chi connectivity index (χ0n) is 10.5. The third-order valence-corrected chi connectivity index (χ3v) is 2.89. The van der Waals surface area contributed by atoms with E-state index in [1.165, 1.54) is 0 Å². The average molecular weight is 246 g/mol. The molecule has 0 spiro atoms. The Bertz CT molecular complexity index is 491. The number of ether oxygens (including phenoxy) is 2. The van der Waals surface area contributed by atoms with Crippen LogP contribution in [0.15, 0.2) is 42.5 Å². The van der Waals surface area contributed by atoms with Gasteiger partial charge in [0.1, 0.15) is 6.10 Å². The van der Waals surface area contributed by atoms with Crippen LogP contribution in [0, 0.1) is 0 Å². The van der Waals surface area contributed by atoms with Crippen molar-refractivity contribution >= 4 is 10.8 Å². The first-order chi connectivity index (χ1) is 8.83. The zero-order valence-corrected chi connectivity index (χ0v) is 10.5. The van der Waals surface area contributed by atoms with Crippen molar-refractivity contribution in [2.75, 3.05) is 26.9 Å². The summed E-state index contributed by atoms with van der Waals surface area (Å²) in [5, 5.41) is 12.4. The van der Waals surface area contributed by atoms with Crippen molar-refractivity contribution in [3.05, 3.63) is 48.0 Å². The second-order valence-electron chi connectivity index (χ2n) is 4.15. The lowest BCUT2D eigenvalue weighted by Gasteiger charge is -2.14. The maximum absolute atomic E-state index is 10.2. The fraction of sp³-hybridized carbons (Fsp3) is 0.333. The van der Waals surface area contributed by atoms with Gasteiger partial charge in [0, 0.05) is 7.11 Å². The molecule has 2 rings (SSSR count). The van der Waals surface area contributed by atoms with Gasteiger partial charge in [0.05, 0.1) is 19.8 Å². The first-order valence-electron chi connectivity index (χ1n) is 6.05. The summed E-state index contributed by atoms with van der Waals surface area (Å²) in [6.07, 6.45) is -0.604. The number of fused-ring (bicyclic) bond motifs is 1. The van der Waals surface area contributed by atoms with Crippen molar-refractivity contribution in [3.8, 4) is 0 Å². The Kier molecular flexibility index (Phi) is 4.70. The van der Waals surface area contributed by atoms with E-state index in [4.69, 9.17) is 9.47 Å². The largest absolute Gasteiger partial charge is 0.386 e. The molecular formula is C15H18O3. The van der Waals surface area contributed by atoms with E-state index in [-0.39, 0.29) is 6.61 Å². The standard InChI is InChI=1S/C15H18O3/c1-17-9-10-18-11-15(16)14-8-4-6-12-5-2-3-7-13(12)14/h2-8,15-16H,9-11H2,1H3. The quantitative estimate of drug-likeness (QED) is 0.796. The van der Waals surface area contributed by atoms with Crippen LogP contribution in [-0.4, -0.2) is 32.0 Å². The average Bonchev–Trinajstić information content (AvgIpc) is 2.43. The molecule has 1 unspecified atom stereocenters. The molecule has 0 amide bonds. The fourth-order valence-electron chi connectivity index (χ4n) is 1.97. The molecule has 1 atom stereocenters. The zero-order chi connectivity index (χ0) is 12.8. The lowest BCUT2D eigenvalue weighted by atomic mass is 10.0. The van der Waals surface area contributed by atoms with Gasteiger partial charge in [0.15, 0.2) is 0 Å². The number of aliphatic hydroxyl groups excluding tert-OH is 1. The van der Waals surface area contributed by atoms with Crippen LogP contribution >= 0.6 is 0 Å². The number of hydrogen-bond acceptors (Lipinski definition) is 3. The van der Waals surface area contributed by atoms with Crippen molar-refractivity contribution in [2.45, 2.75) is 6.10 Å². The van der Waals surface area contributed by atoms with Crippen molar-refractivity contribution in [1.29, 1.82) is 0 Å². The lowest BCUT2D eigenvalue weighted by molar-refractivity contribution is 0.0131. The maximum atomic E-state index is 10.2. The van der Waals surface area contributed by atoms with E-state index in [0.717, 1.165) is 16.3 Å². The summed E-state index contributed by atoms with van der Waals surface area (Å²) in [6, 6.07) is 14.0. The number of rotatable bonds is 6. The third kappa shape index (κ3) is 3.07. The molecule has 18 heavy (non-hydrogen) atoms. The topological polar surface area (TPSA) is 38.7 Å². The molecule has 0 fully saturated rings. The van der Waals surface area contributed by atoms with Crippen LogP contribution < -0.4 is 0 Å². The van der Waals surface area contributed by atoms with Crippen molar-refractivity contribution < 1.29 is 14.6 Å². The minimum absolute atomic E-state index is 0.289. The van der Waals surface area contributed by atoms with Gasteiger partial charge in [0.25, 0.3) is 0 Å². The Morgan fingerprint density at radius 3 is 2.67 bits per heavy atom. The smallest absolute Gasteiger partial charge is 0.103 e. The number of hydrogen-bond donors (Lipinski definition) is 1. The highest BCUT2D eigenvalue weighted by Gasteiger charge is 2.10. The Hall–Kier alpha value is -1.42. The Balaban J connectivity index is 2.10. The molecule has 3 heteroatoms. The molecule has 96 valence electrons. The van der Waals surface area contributed by atoms with Gasteiger partial charge in [-0.1, -0.05) is 42.5 Å². The van der Waals surface area contributed by atoms with E-state index in [1.807, 2.05) is 42.5 Å². The molecule has 1 N–H and O–H groups in total. The van der Waals surface area contributed by atoms with E-state index in [2.05, 4.69) is 0 Å². The van der Waals surface area contributed by atoms with Crippen LogP contribution in [0.1, 0.15) is 11.7 Å². The fourth-order valence-corrected chi connectivity index (χ4v) is 1.97. The highest BCUT2D eigenvalue weighted by atomic mass is 16.5. The molecule has 0 bridgehead atoms. The van der Waals surface area contributed by atoms with E-state index >= 15 is 0 Å². The number of methoxy groups -OCH3 is 1. The predicted octanol–water partition coefficient (Wildman–Crippen LogP) is 2.54. The highest BCUT2D eigenvalue weighted by Crippen LogP contribution is 2.24. The SMILES string of the molecule is COCCOCC(O)c1cccc2ccccc12. The van der Waals surface area contributed by atoms with Gasteiger partial charge in [-0.3, -0.25) is 0 Å². The normalized spacial score (nSPS) is 12.8. The highest BCUT2D eigenvalue weighted by molar-refractivity contribution is 5.85. The van der Waals surface area contributed by atoms with Crippen molar-refractivity contribution in [3.63, 3.8) is 0 Å². The molecule has 0 radical (unpaired) electrons. The predicted molar refractivity (Wildman–Crippen MR) is 71.6 cm³/mol. The van der Waals surface area contributed by atoms with Gasteiger partial charge in [-0.15, -0.1) is 0 Å². The van der Waals surface area contributed by atoms with Gasteiger partial charge in [-0.2, -0.15) is 0 Å². The second kappa shape index (κ2) is 6.50. The van der Waals surface area contributed by atoms with Crippen LogP contribution in [0.25, 0.3) is 10.8 Å². The van der Waals surface area contributed by atoms with Gasteiger partial charge in [0.2, 0.25) is 0 Å². The van der Waals surface area contributed by atoms with Gasteiger partial charge < -0.3 is 14.6 Å². The molecule has 0 aliphatic rings. The summed E-state index contributed by atoms with van der Waals surface area (Å²) in [7, 11) is 1.63. The third-order valence-electron chi connectivity index (χ3n) is 2.89. The summed E-state index contributed by atoms with van der Waals surface area (Å²) >= 11 is 0. The van der Waals surface area contributed by atoms with Gasteiger partial charge >= 0.3 is 0 Å². The van der Waals surface area contributed by atoms with Crippen molar-refractivity contribution in [1.82, 2.24) is 0 Å². The molecular weight excluding hydrogens is 228 g/mol. The van der Waals surface area contributed by atoms with E-state index < -0.39 is 6.10 Å². The summed E-state index contributed by atoms with van der Waals surface area (Å²) in [4.78, 5) is 0.